The largest absolute Gasteiger partial charge is 0.497 e. The predicted molar refractivity (Wildman–Crippen MR) is 102 cm³/mol. The van der Waals surface area contributed by atoms with Crippen LogP contribution in [0.1, 0.15) is 11.1 Å². The number of methoxy groups -OCH3 is 2. The topological polar surface area (TPSA) is 44.8 Å². The first-order valence-electron chi connectivity index (χ1n) is 8.25. The van der Waals surface area contributed by atoms with Crippen LogP contribution in [0.4, 0.5) is 0 Å². The highest BCUT2D eigenvalue weighted by Crippen LogP contribution is 2.25. The van der Waals surface area contributed by atoms with E-state index >= 15 is 0 Å². The number of hydrogen-bond donors (Lipinski definition) is 0. The summed E-state index contributed by atoms with van der Waals surface area (Å²) >= 11 is 0. The fraction of sp³-hybridized carbons (Fsp3) is 0.136. The summed E-state index contributed by atoms with van der Waals surface area (Å²) in [4.78, 5) is 12.1. The second-order valence-corrected chi connectivity index (χ2v) is 5.69. The second-order valence-electron chi connectivity index (χ2n) is 5.69. The van der Waals surface area contributed by atoms with Crippen molar-refractivity contribution in [3.63, 3.8) is 0 Å². The number of hydrogen-bond acceptors (Lipinski definition) is 4. The second kappa shape index (κ2) is 8.21. The third kappa shape index (κ3) is 4.03. The molecule has 26 heavy (non-hydrogen) atoms. The van der Waals surface area contributed by atoms with Gasteiger partial charge in [-0.25, -0.2) is 4.79 Å². The summed E-state index contributed by atoms with van der Waals surface area (Å²) in [5, 5.41) is 2.21. The molecular formula is C22H20O4. The van der Waals surface area contributed by atoms with Crippen LogP contribution in [-0.4, -0.2) is 20.2 Å². The highest BCUT2D eigenvalue weighted by atomic mass is 16.5. The molecule has 0 N–H and O–H groups in total. The van der Waals surface area contributed by atoms with E-state index in [0.717, 1.165) is 21.9 Å². The van der Waals surface area contributed by atoms with E-state index in [1.165, 1.54) is 6.08 Å². The number of esters is 1. The highest BCUT2D eigenvalue weighted by molar-refractivity contribution is 5.88. The van der Waals surface area contributed by atoms with Crippen molar-refractivity contribution < 1.29 is 19.0 Å². The van der Waals surface area contributed by atoms with Gasteiger partial charge in [-0.15, -0.1) is 0 Å². The summed E-state index contributed by atoms with van der Waals surface area (Å²) in [6, 6.07) is 19.4. The molecule has 0 aliphatic carbocycles. The molecule has 0 fully saturated rings. The van der Waals surface area contributed by atoms with Crippen molar-refractivity contribution in [2.45, 2.75) is 6.61 Å². The first-order valence-corrected chi connectivity index (χ1v) is 8.25. The van der Waals surface area contributed by atoms with Gasteiger partial charge in [0.2, 0.25) is 0 Å². The third-order valence-corrected chi connectivity index (χ3v) is 4.09. The molecule has 0 aromatic heterocycles. The van der Waals surface area contributed by atoms with Gasteiger partial charge in [-0.1, -0.05) is 42.5 Å². The summed E-state index contributed by atoms with van der Waals surface area (Å²) in [6.07, 6.45) is 3.07. The van der Waals surface area contributed by atoms with Crippen LogP contribution in [0.5, 0.6) is 11.5 Å². The fourth-order valence-electron chi connectivity index (χ4n) is 2.73. The first-order chi connectivity index (χ1) is 12.7. The zero-order valence-electron chi connectivity index (χ0n) is 14.8. The normalized spacial score (nSPS) is 10.8. The van der Waals surface area contributed by atoms with Crippen LogP contribution < -0.4 is 9.47 Å². The summed E-state index contributed by atoms with van der Waals surface area (Å²) in [5.41, 5.74) is 1.75. The summed E-state index contributed by atoms with van der Waals surface area (Å²) in [6.45, 7) is 0.226. The number of fused-ring (bicyclic) bond motifs is 1. The third-order valence-electron chi connectivity index (χ3n) is 4.09. The molecule has 4 heteroatoms. The van der Waals surface area contributed by atoms with E-state index in [0.29, 0.717) is 11.5 Å². The smallest absolute Gasteiger partial charge is 0.331 e. The minimum Gasteiger partial charge on any atom is -0.497 e. The van der Waals surface area contributed by atoms with Crippen molar-refractivity contribution in [2.24, 2.45) is 0 Å². The maximum atomic E-state index is 12.1. The maximum Gasteiger partial charge on any atom is 0.331 e. The molecule has 0 radical (unpaired) electrons. The Balaban J connectivity index is 1.68. The number of ether oxygens (including phenoxy) is 3. The molecule has 3 aromatic rings. The number of carbonyl (C=O) groups is 1. The molecule has 132 valence electrons. The Morgan fingerprint density at radius 1 is 0.962 bits per heavy atom. The van der Waals surface area contributed by atoms with Crippen LogP contribution in [0.2, 0.25) is 0 Å². The van der Waals surface area contributed by atoms with Crippen LogP contribution in [-0.2, 0) is 16.1 Å². The van der Waals surface area contributed by atoms with Gasteiger partial charge in [-0.2, -0.15) is 0 Å². The molecule has 0 amide bonds. The van der Waals surface area contributed by atoms with Crippen LogP contribution in [0.3, 0.4) is 0 Å². The molecule has 0 aliphatic rings. The molecule has 3 aromatic carbocycles. The van der Waals surface area contributed by atoms with Gasteiger partial charge < -0.3 is 14.2 Å². The molecule has 3 rings (SSSR count). The van der Waals surface area contributed by atoms with E-state index < -0.39 is 5.97 Å². The van der Waals surface area contributed by atoms with Crippen molar-refractivity contribution >= 4 is 22.8 Å². The molecular weight excluding hydrogens is 328 g/mol. The Morgan fingerprint density at radius 3 is 2.58 bits per heavy atom. The Bertz CT molecular complexity index is 939. The average molecular weight is 348 g/mol. The number of carbonyl (C=O) groups excluding carboxylic acids is 1. The van der Waals surface area contributed by atoms with Gasteiger partial charge in [0.1, 0.15) is 18.1 Å². The van der Waals surface area contributed by atoms with Crippen LogP contribution in [0.25, 0.3) is 16.8 Å². The molecule has 0 heterocycles. The van der Waals surface area contributed by atoms with Gasteiger partial charge in [-0.05, 0) is 34.5 Å². The molecule has 0 bridgehead atoms. The van der Waals surface area contributed by atoms with E-state index in [9.17, 15) is 4.79 Å². The monoisotopic (exact) mass is 348 g/mol. The molecule has 0 spiro atoms. The Hall–Kier alpha value is -3.27. The zero-order chi connectivity index (χ0) is 18.4. The van der Waals surface area contributed by atoms with E-state index in [4.69, 9.17) is 14.2 Å². The van der Waals surface area contributed by atoms with E-state index in [1.54, 1.807) is 26.4 Å². The minimum absolute atomic E-state index is 0.226. The Kier molecular flexibility index (Phi) is 5.54. The van der Waals surface area contributed by atoms with Crippen molar-refractivity contribution in [3.8, 4) is 11.5 Å². The molecule has 0 saturated carbocycles. The van der Waals surface area contributed by atoms with Gasteiger partial charge in [-0.3, -0.25) is 0 Å². The summed E-state index contributed by atoms with van der Waals surface area (Å²) < 4.78 is 15.9. The highest BCUT2D eigenvalue weighted by Gasteiger charge is 2.05. The SMILES string of the molecule is COc1ccc(/C=C/C(=O)OCc2cccc3ccccc23)c(OC)c1. The lowest BCUT2D eigenvalue weighted by molar-refractivity contribution is -0.138. The van der Waals surface area contributed by atoms with Crippen molar-refractivity contribution in [3.05, 3.63) is 77.9 Å². The van der Waals surface area contributed by atoms with Crippen LogP contribution in [0.15, 0.2) is 66.7 Å². The van der Waals surface area contributed by atoms with Crippen LogP contribution in [0, 0.1) is 0 Å². The fourth-order valence-corrected chi connectivity index (χ4v) is 2.73. The number of rotatable bonds is 6. The quantitative estimate of drug-likeness (QED) is 0.482. The zero-order valence-corrected chi connectivity index (χ0v) is 14.8. The van der Waals surface area contributed by atoms with Gasteiger partial charge in [0, 0.05) is 17.7 Å². The van der Waals surface area contributed by atoms with Gasteiger partial charge in [0.15, 0.2) is 0 Å². The van der Waals surface area contributed by atoms with E-state index in [-0.39, 0.29) is 6.61 Å². The lowest BCUT2D eigenvalue weighted by atomic mass is 10.1. The lowest BCUT2D eigenvalue weighted by Crippen LogP contribution is -2.01. The standard InChI is InChI=1S/C22H20O4/c1-24-19-12-10-17(21(14-19)25-2)11-13-22(23)26-15-18-8-5-7-16-6-3-4-9-20(16)18/h3-14H,15H2,1-2H3/b13-11+. The van der Waals surface area contributed by atoms with E-state index in [2.05, 4.69) is 0 Å². The van der Waals surface area contributed by atoms with Crippen LogP contribution >= 0.6 is 0 Å². The summed E-state index contributed by atoms with van der Waals surface area (Å²) in [5.74, 6) is 0.913. The minimum atomic E-state index is -0.407. The number of benzene rings is 3. The molecule has 0 unspecified atom stereocenters. The molecule has 0 aliphatic heterocycles. The van der Waals surface area contributed by atoms with Gasteiger partial charge in [0.05, 0.1) is 14.2 Å². The summed E-state index contributed by atoms with van der Waals surface area (Å²) in [7, 11) is 3.17. The molecule has 0 saturated heterocycles. The predicted octanol–water partition coefficient (Wildman–Crippen LogP) is 4.61. The van der Waals surface area contributed by atoms with Gasteiger partial charge >= 0.3 is 5.97 Å². The Morgan fingerprint density at radius 2 is 1.77 bits per heavy atom. The Labute approximate surface area is 152 Å². The van der Waals surface area contributed by atoms with Crippen molar-refractivity contribution in [1.29, 1.82) is 0 Å². The molecule has 4 nitrogen and oxygen atoms in total. The first kappa shape index (κ1) is 17.5. The average Bonchev–Trinajstić information content (AvgIpc) is 2.70. The maximum absolute atomic E-state index is 12.1. The molecule has 0 atom stereocenters. The van der Waals surface area contributed by atoms with Crippen molar-refractivity contribution in [2.75, 3.05) is 14.2 Å². The lowest BCUT2D eigenvalue weighted by Gasteiger charge is -2.08. The van der Waals surface area contributed by atoms with Crippen molar-refractivity contribution in [1.82, 2.24) is 0 Å². The van der Waals surface area contributed by atoms with E-state index in [1.807, 2.05) is 54.6 Å². The van der Waals surface area contributed by atoms with Gasteiger partial charge in [0.25, 0.3) is 0 Å².